The Morgan fingerprint density at radius 1 is 1.10 bits per heavy atom. The van der Waals surface area contributed by atoms with Crippen LogP contribution in [0.3, 0.4) is 0 Å². The fraction of sp³-hybridized carbons (Fsp3) is 0.375. The first kappa shape index (κ1) is 15.4. The van der Waals surface area contributed by atoms with E-state index in [2.05, 4.69) is 20.6 Å². The lowest BCUT2D eigenvalue weighted by molar-refractivity contribution is 0.174. The maximum atomic E-state index is 10.0. The van der Waals surface area contributed by atoms with Gasteiger partial charge < -0.3 is 15.7 Å². The maximum absolute atomic E-state index is 10.0. The summed E-state index contributed by atoms with van der Waals surface area (Å²) in [5, 5.41) is 16.4. The Bertz CT molecular complexity index is 528. The van der Waals surface area contributed by atoms with Crippen LogP contribution < -0.4 is 10.6 Å². The van der Waals surface area contributed by atoms with Gasteiger partial charge in [-0.25, -0.2) is 9.97 Å². The predicted molar refractivity (Wildman–Crippen MR) is 83.9 cm³/mol. The summed E-state index contributed by atoms with van der Waals surface area (Å²) >= 11 is 0. The van der Waals surface area contributed by atoms with Crippen LogP contribution in [0, 0.1) is 0 Å². The molecule has 0 saturated heterocycles. The molecule has 3 N–H and O–H groups in total. The molecule has 1 aromatic heterocycles. The number of hydrogen-bond donors (Lipinski definition) is 3. The van der Waals surface area contributed by atoms with E-state index in [0.717, 1.165) is 11.1 Å². The van der Waals surface area contributed by atoms with Crippen molar-refractivity contribution in [2.24, 2.45) is 0 Å². The van der Waals surface area contributed by atoms with Gasteiger partial charge in [-0.2, -0.15) is 0 Å². The second-order valence-corrected chi connectivity index (χ2v) is 5.27. The molecule has 5 nitrogen and oxygen atoms in total. The Kier molecular flexibility index (Phi) is 5.66. The summed E-state index contributed by atoms with van der Waals surface area (Å²) < 4.78 is 0. The Hall–Kier alpha value is -1.98. The third kappa shape index (κ3) is 5.13. The molecule has 2 aromatic rings. The summed E-state index contributed by atoms with van der Waals surface area (Å²) in [6.07, 6.45) is 3.08. The zero-order valence-electron chi connectivity index (χ0n) is 12.5. The zero-order chi connectivity index (χ0) is 15.1. The van der Waals surface area contributed by atoms with Crippen LogP contribution in [0.2, 0.25) is 0 Å². The fourth-order valence-electron chi connectivity index (χ4n) is 1.93. The van der Waals surface area contributed by atoms with E-state index in [-0.39, 0.29) is 0 Å². The molecular formula is C16H22N4O. The van der Waals surface area contributed by atoms with E-state index in [1.165, 1.54) is 0 Å². The number of benzene rings is 1. The molecule has 0 fully saturated rings. The summed E-state index contributed by atoms with van der Waals surface area (Å²) in [7, 11) is 0. The minimum atomic E-state index is -0.506. The topological polar surface area (TPSA) is 70.1 Å². The van der Waals surface area contributed by atoms with Gasteiger partial charge in [0, 0.05) is 37.1 Å². The van der Waals surface area contributed by atoms with Crippen LogP contribution in [-0.4, -0.2) is 27.7 Å². The molecule has 0 radical (unpaired) electrons. The van der Waals surface area contributed by atoms with Gasteiger partial charge in [-0.1, -0.05) is 30.3 Å². The van der Waals surface area contributed by atoms with Gasteiger partial charge in [-0.3, -0.25) is 0 Å². The molecule has 1 aromatic carbocycles. The highest BCUT2D eigenvalue weighted by Gasteiger charge is 2.06. The van der Waals surface area contributed by atoms with Gasteiger partial charge in [0.2, 0.25) is 5.95 Å². The van der Waals surface area contributed by atoms with E-state index in [0.29, 0.717) is 25.1 Å². The first-order chi connectivity index (χ1) is 10.1. The molecule has 0 aliphatic rings. The summed E-state index contributed by atoms with van der Waals surface area (Å²) in [4.78, 5) is 8.50. The van der Waals surface area contributed by atoms with E-state index in [1.807, 2.05) is 44.2 Å². The normalized spacial score (nSPS) is 12.4. The summed E-state index contributed by atoms with van der Waals surface area (Å²) in [5.41, 5.74) is 1.90. The number of aromatic nitrogens is 2. The van der Waals surface area contributed by atoms with E-state index >= 15 is 0 Å². The fourth-order valence-corrected chi connectivity index (χ4v) is 1.93. The van der Waals surface area contributed by atoms with Crippen LogP contribution in [-0.2, 0) is 6.54 Å². The smallest absolute Gasteiger partial charge is 0.222 e. The minimum Gasteiger partial charge on any atom is -0.387 e. The number of nitrogens with zero attached hydrogens (tertiary/aromatic N) is 2. The number of nitrogens with one attached hydrogen (secondary N) is 2. The lowest BCUT2D eigenvalue weighted by Crippen LogP contribution is -2.21. The molecule has 0 aliphatic carbocycles. The van der Waals surface area contributed by atoms with Gasteiger partial charge in [0.05, 0.1) is 6.10 Å². The molecule has 2 rings (SSSR count). The number of aliphatic hydroxyl groups is 1. The molecule has 0 bridgehead atoms. The van der Waals surface area contributed by atoms with Crippen LogP contribution in [0.1, 0.15) is 31.1 Å². The summed E-state index contributed by atoms with van der Waals surface area (Å²) in [5.74, 6) is 0.637. The number of anilines is 1. The number of rotatable bonds is 7. The Morgan fingerprint density at radius 3 is 2.38 bits per heavy atom. The Morgan fingerprint density at radius 2 is 1.76 bits per heavy atom. The van der Waals surface area contributed by atoms with Gasteiger partial charge >= 0.3 is 0 Å². The molecular weight excluding hydrogens is 264 g/mol. The first-order valence-corrected chi connectivity index (χ1v) is 7.16. The molecule has 0 saturated carbocycles. The van der Waals surface area contributed by atoms with Crippen LogP contribution in [0.4, 0.5) is 5.95 Å². The summed E-state index contributed by atoms with van der Waals surface area (Å²) in [6.45, 7) is 5.22. The molecule has 0 aliphatic heterocycles. The number of aliphatic hydroxyl groups excluding tert-OH is 1. The zero-order valence-corrected chi connectivity index (χ0v) is 12.5. The molecule has 0 amide bonds. The predicted octanol–water partition coefficient (Wildman–Crippen LogP) is 2.12. The van der Waals surface area contributed by atoms with E-state index in [4.69, 9.17) is 0 Å². The van der Waals surface area contributed by atoms with Crippen molar-refractivity contribution < 1.29 is 5.11 Å². The van der Waals surface area contributed by atoms with Crippen molar-refractivity contribution in [2.45, 2.75) is 32.5 Å². The quantitative estimate of drug-likeness (QED) is 0.727. The molecule has 0 unspecified atom stereocenters. The monoisotopic (exact) mass is 286 g/mol. The molecule has 1 atom stereocenters. The molecule has 0 spiro atoms. The lowest BCUT2D eigenvalue weighted by Gasteiger charge is -2.12. The van der Waals surface area contributed by atoms with E-state index in [9.17, 15) is 5.11 Å². The largest absolute Gasteiger partial charge is 0.387 e. The van der Waals surface area contributed by atoms with Crippen LogP contribution in [0.5, 0.6) is 0 Å². The van der Waals surface area contributed by atoms with Crippen molar-refractivity contribution in [1.29, 1.82) is 0 Å². The third-order valence-corrected chi connectivity index (χ3v) is 2.97. The van der Waals surface area contributed by atoms with Crippen molar-refractivity contribution in [3.05, 3.63) is 53.9 Å². The van der Waals surface area contributed by atoms with Gasteiger partial charge in [0.25, 0.3) is 0 Å². The van der Waals surface area contributed by atoms with Gasteiger partial charge in [0.1, 0.15) is 0 Å². The molecule has 1 heterocycles. The van der Waals surface area contributed by atoms with Crippen molar-refractivity contribution >= 4 is 5.95 Å². The standard InChI is InChI=1S/C16H22N4O/c1-12(2)20-16-18-9-13(10-19-16)8-17-11-15(21)14-6-4-3-5-7-14/h3-7,9-10,12,15,17,21H,8,11H2,1-2H3,(H,18,19,20)/t15-/m1/s1. The van der Waals surface area contributed by atoms with Crippen molar-refractivity contribution in [2.75, 3.05) is 11.9 Å². The Balaban J connectivity index is 1.78. The second kappa shape index (κ2) is 7.71. The molecule has 5 heteroatoms. The highest BCUT2D eigenvalue weighted by Crippen LogP contribution is 2.10. The minimum absolute atomic E-state index is 0.315. The Labute approximate surface area is 125 Å². The van der Waals surface area contributed by atoms with Crippen molar-refractivity contribution in [3.8, 4) is 0 Å². The average Bonchev–Trinajstić information content (AvgIpc) is 2.49. The van der Waals surface area contributed by atoms with Crippen molar-refractivity contribution in [3.63, 3.8) is 0 Å². The van der Waals surface area contributed by atoms with Gasteiger partial charge in [-0.15, -0.1) is 0 Å². The highest BCUT2D eigenvalue weighted by molar-refractivity contribution is 5.25. The number of hydrogen-bond acceptors (Lipinski definition) is 5. The third-order valence-electron chi connectivity index (χ3n) is 2.97. The van der Waals surface area contributed by atoms with Crippen molar-refractivity contribution in [1.82, 2.24) is 15.3 Å². The summed E-state index contributed by atoms with van der Waals surface area (Å²) in [6, 6.07) is 9.94. The van der Waals surface area contributed by atoms with Gasteiger partial charge in [0.15, 0.2) is 0 Å². The maximum Gasteiger partial charge on any atom is 0.222 e. The highest BCUT2D eigenvalue weighted by atomic mass is 16.3. The van der Waals surface area contributed by atoms with Crippen LogP contribution >= 0.6 is 0 Å². The van der Waals surface area contributed by atoms with E-state index in [1.54, 1.807) is 12.4 Å². The van der Waals surface area contributed by atoms with Crippen LogP contribution in [0.15, 0.2) is 42.7 Å². The van der Waals surface area contributed by atoms with Crippen LogP contribution in [0.25, 0.3) is 0 Å². The first-order valence-electron chi connectivity index (χ1n) is 7.16. The molecule has 21 heavy (non-hydrogen) atoms. The second-order valence-electron chi connectivity index (χ2n) is 5.27. The molecule has 112 valence electrons. The van der Waals surface area contributed by atoms with Gasteiger partial charge in [-0.05, 0) is 19.4 Å². The lowest BCUT2D eigenvalue weighted by atomic mass is 10.1. The average molecular weight is 286 g/mol. The van der Waals surface area contributed by atoms with E-state index < -0.39 is 6.10 Å². The SMILES string of the molecule is CC(C)Nc1ncc(CNC[C@@H](O)c2ccccc2)cn1.